The Balaban J connectivity index is 2.57. The molecule has 0 spiro atoms. The van der Waals surface area contributed by atoms with Crippen molar-refractivity contribution < 1.29 is 13.2 Å². The van der Waals surface area contributed by atoms with Crippen molar-refractivity contribution in [1.82, 2.24) is 4.98 Å². The van der Waals surface area contributed by atoms with E-state index in [1.165, 1.54) is 38.7 Å². The second-order valence-corrected chi connectivity index (χ2v) is 6.99. The standard InChI is InChI=1S/C13H14BrN3O3S/c1-17(9-3-5-16-6-4-9)21(18,19)13-8-11(15)10(14)7-12(13)20-2/h3-8H,15H2,1-2H3. The van der Waals surface area contributed by atoms with Crippen LogP contribution in [-0.4, -0.2) is 27.6 Å². The number of sulfonamides is 1. The summed E-state index contributed by atoms with van der Waals surface area (Å²) >= 11 is 3.25. The minimum Gasteiger partial charge on any atom is -0.495 e. The Morgan fingerprint density at radius 3 is 2.48 bits per heavy atom. The number of methoxy groups -OCH3 is 1. The van der Waals surface area contributed by atoms with Gasteiger partial charge in [0.1, 0.15) is 10.6 Å². The number of hydrogen-bond acceptors (Lipinski definition) is 5. The molecule has 1 heterocycles. The highest BCUT2D eigenvalue weighted by Gasteiger charge is 2.26. The maximum Gasteiger partial charge on any atom is 0.267 e. The van der Waals surface area contributed by atoms with Crippen molar-refractivity contribution in [3.8, 4) is 5.75 Å². The van der Waals surface area contributed by atoms with Crippen LogP contribution in [0.4, 0.5) is 11.4 Å². The van der Waals surface area contributed by atoms with E-state index in [4.69, 9.17) is 10.5 Å². The molecule has 21 heavy (non-hydrogen) atoms. The summed E-state index contributed by atoms with van der Waals surface area (Å²) in [6, 6.07) is 6.11. The van der Waals surface area contributed by atoms with Gasteiger partial charge in [0, 0.05) is 29.6 Å². The molecule has 2 aromatic rings. The van der Waals surface area contributed by atoms with Gasteiger partial charge in [-0.05, 0) is 40.2 Å². The SMILES string of the molecule is COc1cc(Br)c(N)cc1S(=O)(=O)N(C)c1ccncc1. The molecule has 0 saturated carbocycles. The Morgan fingerprint density at radius 2 is 1.90 bits per heavy atom. The van der Waals surface area contributed by atoms with Crippen LogP contribution < -0.4 is 14.8 Å². The van der Waals surface area contributed by atoms with Crippen LogP contribution >= 0.6 is 15.9 Å². The third kappa shape index (κ3) is 2.96. The van der Waals surface area contributed by atoms with Gasteiger partial charge in [-0.3, -0.25) is 9.29 Å². The van der Waals surface area contributed by atoms with Gasteiger partial charge in [-0.15, -0.1) is 0 Å². The van der Waals surface area contributed by atoms with Crippen LogP contribution in [0.3, 0.4) is 0 Å². The first kappa shape index (κ1) is 15.6. The summed E-state index contributed by atoms with van der Waals surface area (Å²) in [5.41, 5.74) is 6.60. The Kier molecular flexibility index (Phi) is 4.38. The molecule has 0 amide bonds. The zero-order chi connectivity index (χ0) is 15.6. The number of hydrogen-bond donors (Lipinski definition) is 1. The number of nitrogen functional groups attached to an aromatic ring is 1. The number of anilines is 2. The molecule has 0 saturated heterocycles. The molecule has 0 aliphatic rings. The van der Waals surface area contributed by atoms with Crippen LogP contribution in [0.2, 0.25) is 0 Å². The van der Waals surface area contributed by atoms with E-state index < -0.39 is 10.0 Å². The molecule has 0 atom stereocenters. The molecule has 0 radical (unpaired) electrons. The van der Waals surface area contributed by atoms with E-state index in [1.54, 1.807) is 12.1 Å². The second kappa shape index (κ2) is 5.90. The van der Waals surface area contributed by atoms with Crippen LogP contribution in [0.5, 0.6) is 5.75 Å². The van der Waals surface area contributed by atoms with Gasteiger partial charge in [-0.1, -0.05) is 0 Å². The molecule has 0 aliphatic carbocycles. The van der Waals surface area contributed by atoms with Crippen molar-refractivity contribution in [2.24, 2.45) is 0 Å². The summed E-state index contributed by atoms with van der Waals surface area (Å²) in [7, 11) is -0.928. The average molecular weight is 372 g/mol. The highest BCUT2D eigenvalue weighted by Crippen LogP contribution is 2.34. The second-order valence-electron chi connectivity index (χ2n) is 4.20. The fourth-order valence-electron chi connectivity index (χ4n) is 1.75. The zero-order valence-electron chi connectivity index (χ0n) is 11.4. The minimum atomic E-state index is -3.79. The van der Waals surface area contributed by atoms with Gasteiger partial charge in [0.15, 0.2) is 0 Å². The monoisotopic (exact) mass is 371 g/mol. The third-order valence-corrected chi connectivity index (χ3v) is 5.44. The van der Waals surface area contributed by atoms with E-state index >= 15 is 0 Å². The minimum absolute atomic E-state index is 0.00464. The van der Waals surface area contributed by atoms with Crippen molar-refractivity contribution in [2.75, 3.05) is 24.2 Å². The van der Waals surface area contributed by atoms with Crippen LogP contribution in [0.25, 0.3) is 0 Å². The van der Waals surface area contributed by atoms with Crippen molar-refractivity contribution in [2.45, 2.75) is 4.90 Å². The van der Waals surface area contributed by atoms with Crippen molar-refractivity contribution in [3.05, 3.63) is 41.1 Å². The van der Waals surface area contributed by atoms with Gasteiger partial charge < -0.3 is 10.5 Å². The Labute approximate surface area is 131 Å². The van der Waals surface area contributed by atoms with E-state index in [1.807, 2.05) is 0 Å². The van der Waals surface area contributed by atoms with E-state index in [9.17, 15) is 8.42 Å². The first-order valence-corrected chi connectivity index (χ1v) is 8.13. The average Bonchev–Trinajstić information content (AvgIpc) is 2.49. The molecule has 1 aromatic carbocycles. The van der Waals surface area contributed by atoms with Gasteiger partial charge in [0.2, 0.25) is 0 Å². The highest BCUT2D eigenvalue weighted by molar-refractivity contribution is 9.10. The number of aromatic nitrogens is 1. The molecular weight excluding hydrogens is 358 g/mol. The van der Waals surface area contributed by atoms with Gasteiger partial charge in [-0.25, -0.2) is 8.42 Å². The first-order valence-electron chi connectivity index (χ1n) is 5.90. The van der Waals surface area contributed by atoms with E-state index in [0.29, 0.717) is 15.8 Å². The summed E-state index contributed by atoms with van der Waals surface area (Å²) in [5, 5.41) is 0. The first-order chi connectivity index (χ1) is 9.87. The number of halogens is 1. The lowest BCUT2D eigenvalue weighted by molar-refractivity contribution is 0.402. The van der Waals surface area contributed by atoms with Gasteiger partial charge in [0.25, 0.3) is 10.0 Å². The molecule has 0 bridgehead atoms. The fourth-order valence-corrected chi connectivity index (χ4v) is 3.44. The number of pyridine rings is 1. The quantitative estimate of drug-likeness (QED) is 0.833. The molecule has 0 fully saturated rings. The summed E-state index contributed by atoms with van der Waals surface area (Å²) in [4.78, 5) is 3.87. The molecular formula is C13H14BrN3O3S. The maximum absolute atomic E-state index is 12.7. The zero-order valence-corrected chi connectivity index (χ0v) is 13.8. The van der Waals surface area contributed by atoms with E-state index in [0.717, 1.165) is 4.31 Å². The molecule has 0 aliphatic heterocycles. The topological polar surface area (TPSA) is 85.5 Å². The van der Waals surface area contributed by atoms with Crippen molar-refractivity contribution in [1.29, 1.82) is 0 Å². The molecule has 1 aromatic heterocycles. The molecule has 6 nitrogen and oxygen atoms in total. The Hall–Kier alpha value is -1.80. The summed E-state index contributed by atoms with van der Waals surface area (Å²) in [6.07, 6.45) is 3.04. The van der Waals surface area contributed by atoms with Gasteiger partial charge >= 0.3 is 0 Å². The summed E-state index contributed by atoms with van der Waals surface area (Å²) < 4.78 is 32.3. The Bertz CT molecular complexity index is 751. The normalized spacial score (nSPS) is 11.2. The molecule has 2 N–H and O–H groups in total. The maximum atomic E-state index is 12.7. The number of benzene rings is 1. The van der Waals surface area contributed by atoms with Crippen molar-refractivity contribution in [3.63, 3.8) is 0 Å². The summed E-state index contributed by atoms with van der Waals surface area (Å²) in [5.74, 6) is 0.219. The fraction of sp³-hybridized carbons (Fsp3) is 0.154. The lowest BCUT2D eigenvalue weighted by atomic mass is 10.3. The predicted octanol–water partition coefficient (Wildman–Crippen LogP) is 2.26. The lowest BCUT2D eigenvalue weighted by Crippen LogP contribution is -2.27. The molecule has 2 rings (SSSR count). The van der Waals surface area contributed by atoms with E-state index in [-0.39, 0.29) is 10.6 Å². The van der Waals surface area contributed by atoms with Gasteiger partial charge in [-0.2, -0.15) is 0 Å². The van der Waals surface area contributed by atoms with Crippen LogP contribution in [0.15, 0.2) is 46.0 Å². The highest BCUT2D eigenvalue weighted by atomic mass is 79.9. The third-order valence-electron chi connectivity index (χ3n) is 2.95. The number of nitrogens with zero attached hydrogens (tertiary/aromatic N) is 2. The lowest BCUT2D eigenvalue weighted by Gasteiger charge is -2.21. The summed E-state index contributed by atoms with van der Waals surface area (Å²) in [6.45, 7) is 0. The van der Waals surface area contributed by atoms with Crippen molar-refractivity contribution >= 4 is 37.3 Å². The molecule has 0 unspecified atom stereocenters. The number of rotatable bonds is 4. The Morgan fingerprint density at radius 1 is 1.29 bits per heavy atom. The molecule has 8 heteroatoms. The van der Waals surface area contributed by atoms with Crippen LogP contribution in [0.1, 0.15) is 0 Å². The van der Waals surface area contributed by atoms with Crippen LogP contribution in [-0.2, 0) is 10.0 Å². The predicted molar refractivity (Wildman–Crippen MR) is 84.9 cm³/mol. The van der Waals surface area contributed by atoms with Crippen LogP contribution in [0, 0.1) is 0 Å². The van der Waals surface area contributed by atoms with E-state index in [2.05, 4.69) is 20.9 Å². The molecule has 112 valence electrons. The largest absolute Gasteiger partial charge is 0.495 e. The van der Waals surface area contributed by atoms with Gasteiger partial charge in [0.05, 0.1) is 12.8 Å². The number of nitrogens with two attached hydrogens (primary N) is 1. The smallest absolute Gasteiger partial charge is 0.267 e. The number of ether oxygens (including phenoxy) is 1.